The minimum Gasteiger partial charge on any atom is -0.379 e. The predicted octanol–water partition coefficient (Wildman–Crippen LogP) is 0.818. The molecule has 1 aromatic rings. The maximum Gasteiger partial charge on any atom is 0.191 e. The van der Waals surface area contributed by atoms with Crippen LogP contribution in [0, 0.1) is 0 Å². The first-order valence-electron chi connectivity index (χ1n) is 8.26. The summed E-state index contributed by atoms with van der Waals surface area (Å²) >= 11 is 0. The van der Waals surface area contributed by atoms with Gasteiger partial charge in [-0.05, 0) is 13.3 Å². The molecule has 0 amide bonds. The molecule has 9 heteroatoms. The number of aryl methyl sites for hydroxylation is 1. The summed E-state index contributed by atoms with van der Waals surface area (Å²) in [6, 6.07) is 0.183. The van der Waals surface area contributed by atoms with E-state index in [0.29, 0.717) is 13.2 Å². The van der Waals surface area contributed by atoms with Crippen LogP contribution in [0.2, 0.25) is 0 Å². The van der Waals surface area contributed by atoms with Crippen LogP contribution in [-0.4, -0.2) is 66.3 Å². The third-order valence-corrected chi connectivity index (χ3v) is 3.73. The minimum atomic E-state index is 0. The molecule has 2 heterocycles. The summed E-state index contributed by atoms with van der Waals surface area (Å²) in [5, 5.41) is 14.6. The van der Waals surface area contributed by atoms with E-state index in [2.05, 4.69) is 39.7 Å². The molecule has 138 valence electrons. The topological polar surface area (TPSA) is 85.6 Å². The third-order valence-electron chi connectivity index (χ3n) is 3.73. The van der Waals surface area contributed by atoms with Crippen LogP contribution < -0.4 is 10.6 Å². The van der Waals surface area contributed by atoms with E-state index in [-0.39, 0.29) is 36.1 Å². The van der Waals surface area contributed by atoms with Gasteiger partial charge in [0.25, 0.3) is 0 Å². The summed E-state index contributed by atoms with van der Waals surface area (Å²) in [6.45, 7) is 7.87. The number of aromatic nitrogens is 3. The number of hydrogen-bond acceptors (Lipinski definition) is 5. The number of hydrogen-bond donors (Lipinski definition) is 2. The summed E-state index contributed by atoms with van der Waals surface area (Å²) in [5.41, 5.74) is 0. The van der Waals surface area contributed by atoms with E-state index in [9.17, 15) is 0 Å². The van der Waals surface area contributed by atoms with E-state index in [0.717, 1.165) is 44.3 Å². The van der Waals surface area contributed by atoms with Gasteiger partial charge in [0.15, 0.2) is 5.96 Å². The van der Waals surface area contributed by atoms with Crippen molar-refractivity contribution in [3.63, 3.8) is 0 Å². The lowest BCUT2D eigenvalue weighted by Gasteiger charge is -2.19. The molecular formula is C15H29IN6O2. The molecule has 2 unspecified atom stereocenters. The van der Waals surface area contributed by atoms with Gasteiger partial charge >= 0.3 is 0 Å². The Morgan fingerprint density at radius 2 is 2.42 bits per heavy atom. The van der Waals surface area contributed by atoms with Crippen LogP contribution in [0.4, 0.5) is 0 Å². The molecule has 0 aliphatic carbocycles. The maximum atomic E-state index is 5.81. The zero-order chi connectivity index (χ0) is 16.5. The molecule has 2 atom stereocenters. The van der Waals surface area contributed by atoms with Gasteiger partial charge in [-0.2, -0.15) is 0 Å². The Morgan fingerprint density at radius 1 is 1.58 bits per heavy atom. The summed E-state index contributed by atoms with van der Waals surface area (Å²) in [7, 11) is 1.77. The standard InChI is InChI=1S/C15H28N6O2.HI/c1-4-14-20-18-11-21(14)7-6-17-15(16-3)19-12(2)9-23-13-5-8-22-10-13;/h11-13H,4-10H2,1-3H3,(H2,16,17,19);1H. The van der Waals surface area contributed by atoms with Gasteiger partial charge in [-0.3, -0.25) is 4.99 Å². The Morgan fingerprint density at radius 3 is 3.08 bits per heavy atom. The summed E-state index contributed by atoms with van der Waals surface area (Å²) in [5.74, 6) is 1.77. The van der Waals surface area contributed by atoms with Crippen LogP contribution in [0.15, 0.2) is 11.3 Å². The smallest absolute Gasteiger partial charge is 0.191 e. The van der Waals surface area contributed by atoms with Gasteiger partial charge in [-0.25, -0.2) is 0 Å². The summed E-state index contributed by atoms with van der Waals surface area (Å²) < 4.78 is 13.2. The number of guanidine groups is 1. The second-order valence-electron chi connectivity index (χ2n) is 5.66. The quantitative estimate of drug-likeness (QED) is 0.345. The van der Waals surface area contributed by atoms with Crippen molar-refractivity contribution in [2.24, 2.45) is 4.99 Å². The lowest BCUT2D eigenvalue weighted by atomic mass is 10.3. The minimum absolute atomic E-state index is 0. The molecule has 2 rings (SSSR count). The van der Waals surface area contributed by atoms with Gasteiger partial charge in [-0.15, -0.1) is 34.2 Å². The predicted molar refractivity (Wildman–Crippen MR) is 104 cm³/mol. The average molecular weight is 452 g/mol. The van der Waals surface area contributed by atoms with Crippen LogP contribution in [0.3, 0.4) is 0 Å². The van der Waals surface area contributed by atoms with Crippen molar-refractivity contribution < 1.29 is 9.47 Å². The highest BCUT2D eigenvalue weighted by molar-refractivity contribution is 14.0. The van der Waals surface area contributed by atoms with Gasteiger partial charge in [0.1, 0.15) is 12.2 Å². The van der Waals surface area contributed by atoms with E-state index in [4.69, 9.17) is 9.47 Å². The molecule has 0 saturated carbocycles. The van der Waals surface area contributed by atoms with Crippen LogP contribution in [0.25, 0.3) is 0 Å². The van der Waals surface area contributed by atoms with Crippen LogP contribution in [-0.2, 0) is 22.4 Å². The fraction of sp³-hybridized carbons (Fsp3) is 0.800. The molecule has 1 aliphatic heterocycles. The molecule has 0 radical (unpaired) electrons. The van der Waals surface area contributed by atoms with E-state index in [1.165, 1.54) is 0 Å². The highest BCUT2D eigenvalue weighted by Crippen LogP contribution is 2.08. The van der Waals surface area contributed by atoms with E-state index in [1.807, 2.05) is 4.57 Å². The molecule has 24 heavy (non-hydrogen) atoms. The Balaban J connectivity index is 0.00000288. The lowest BCUT2D eigenvalue weighted by Crippen LogP contribution is -2.45. The van der Waals surface area contributed by atoms with Gasteiger partial charge < -0.3 is 24.7 Å². The number of nitrogens with zero attached hydrogens (tertiary/aromatic N) is 4. The van der Waals surface area contributed by atoms with Crippen LogP contribution in [0.1, 0.15) is 26.1 Å². The summed E-state index contributed by atoms with van der Waals surface area (Å²) in [6.07, 6.45) is 3.86. The van der Waals surface area contributed by atoms with Crippen molar-refractivity contribution in [3.8, 4) is 0 Å². The zero-order valence-corrected chi connectivity index (χ0v) is 17.0. The van der Waals surface area contributed by atoms with Crippen molar-refractivity contribution in [2.45, 2.75) is 45.4 Å². The molecule has 1 saturated heterocycles. The monoisotopic (exact) mass is 452 g/mol. The van der Waals surface area contributed by atoms with Crippen molar-refractivity contribution in [1.29, 1.82) is 0 Å². The van der Waals surface area contributed by atoms with Crippen LogP contribution in [0.5, 0.6) is 0 Å². The Hall–Kier alpha value is -0.940. The van der Waals surface area contributed by atoms with Gasteiger partial charge in [0, 0.05) is 39.2 Å². The maximum absolute atomic E-state index is 5.81. The Labute approximate surface area is 160 Å². The zero-order valence-electron chi connectivity index (χ0n) is 14.7. The van der Waals surface area contributed by atoms with E-state index < -0.39 is 0 Å². The van der Waals surface area contributed by atoms with Crippen molar-refractivity contribution in [1.82, 2.24) is 25.4 Å². The first kappa shape index (κ1) is 21.1. The normalized spacial score (nSPS) is 19.0. The van der Waals surface area contributed by atoms with E-state index >= 15 is 0 Å². The molecule has 0 bridgehead atoms. The molecule has 1 aliphatic rings. The first-order valence-corrected chi connectivity index (χ1v) is 8.26. The fourth-order valence-electron chi connectivity index (χ4n) is 2.43. The highest BCUT2D eigenvalue weighted by atomic mass is 127. The van der Waals surface area contributed by atoms with Crippen molar-refractivity contribution in [3.05, 3.63) is 12.2 Å². The summed E-state index contributed by atoms with van der Waals surface area (Å²) in [4.78, 5) is 4.24. The van der Waals surface area contributed by atoms with Gasteiger partial charge in [0.05, 0.1) is 19.3 Å². The molecule has 0 spiro atoms. The lowest BCUT2D eigenvalue weighted by molar-refractivity contribution is 0.0347. The number of nitrogens with one attached hydrogen (secondary N) is 2. The van der Waals surface area contributed by atoms with Crippen molar-refractivity contribution >= 4 is 29.9 Å². The molecule has 2 N–H and O–H groups in total. The van der Waals surface area contributed by atoms with Crippen LogP contribution >= 0.6 is 24.0 Å². The highest BCUT2D eigenvalue weighted by Gasteiger charge is 2.17. The third kappa shape index (κ3) is 6.89. The van der Waals surface area contributed by atoms with Gasteiger partial charge in [-0.1, -0.05) is 6.92 Å². The molecule has 8 nitrogen and oxygen atoms in total. The SMILES string of the molecule is CCc1nncn1CCNC(=NC)NC(C)COC1CCOC1.I. The Kier molecular flexibility index (Phi) is 10.2. The number of halogens is 1. The molecular weight excluding hydrogens is 423 g/mol. The second-order valence-corrected chi connectivity index (χ2v) is 5.66. The molecule has 1 aromatic heterocycles. The van der Waals surface area contributed by atoms with E-state index in [1.54, 1.807) is 13.4 Å². The number of rotatable bonds is 8. The molecule has 1 fully saturated rings. The largest absolute Gasteiger partial charge is 0.379 e. The van der Waals surface area contributed by atoms with Crippen molar-refractivity contribution in [2.75, 3.05) is 33.4 Å². The Bertz CT molecular complexity index is 490. The number of ether oxygens (including phenoxy) is 2. The first-order chi connectivity index (χ1) is 11.2. The second kappa shape index (κ2) is 11.6. The number of aliphatic imine (C=N–C) groups is 1. The fourth-order valence-corrected chi connectivity index (χ4v) is 2.43. The molecule has 0 aromatic carbocycles. The van der Waals surface area contributed by atoms with Gasteiger partial charge in [0.2, 0.25) is 0 Å². The average Bonchev–Trinajstić information content (AvgIpc) is 3.23.